The molecule has 2 heterocycles. The van der Waals surface area contributed by atoms with Crippen LogP contribution in [0.25, 0.3) is 0 Å². The van der Waals surface area contributed by atoms with Gasteiger partial charge in [-0.15, -0.1) is 0 Å². The Kier molecular flexibility index (Phi) is 6.00. The van der Waals surface area contributed by atoms with E-state index in [2.05, 4.69) is 0 Å². The van der Waals surface area contributed by atoms with Gasteiger partial charge in [0.2, 0.25) is 4.99 Å². The van der Waals surface area contributed by atoms with Gasteiger partial charge in [-0.05, 0) is 36.9 Å². The largest absolute Gasteiger partial charge is 0.294 e. The Labute approximate surface area is 229 Å². The minimum atomic E-state index is -1.25. The topological polar surface area (TPSA) is 91.4 Å². The van der Waals surface area contributed by atoms with E-state index in [9.17, 15) is 14.9 Å². The molecular weight excluding hydrogens is 510 g/mol. The third-order valence-electron chi connectivity index (χ3n) is 6.67. The Morgan fingerprint density at radius 3 is 2.23 bits per heavy atom. The Bertz CT molecular complexity index is 1670. The van der Waals surface area contributed by atoms with Crippen LogP contribution < -0.4 is 10.0 Å². The fourth-order valence-corrected chi connectivity index (χ4v) is 6.13. The highest BCUT2D eigenvalue weighted by Crippen LogP contribution is 2.56. The van der Waals surface area contributed by atoms with E-state index in [0.717, 1.165) is 33.7 Å². The number of aryl methyl sites for hydroxylation is 1. The molecule has 8 nitrogen and oxygen atoms in total. The number of nitro groups is 1. The van der Waals surface area contributed by atoms with Crippen molar-refractivity contribution in [1.82, 2.24) is 0 Å². The van der Waals surface area contributed by atoms with Gasteiger partial charge in [0.15, 0.2) is 10.8 Å². The maximum Gasteiger partial charge on any atom is 0.294 e. The molecule has 0 amide bonds. The molecule has 0 saturated heterocycles. The minimum Gasteiger partial charge on any atom is -0.292 e. The van der Waals surface area contributed by atoms with E-state index in [-0.39, 0.29) is 22.2 Å². The van der Waals surface area contributed by atoms with Crippen molar-refractivity contribution in [3.05, 3.63) is 135 Å². The molecule has 0 aliphatic carbocycles. The number of rotatable bonds is 5. The number of fused-ring (bicyclic) bond motifs is 2. The number of carbonyl (C=O) groups is 1. The maximum absolute atomic E-state index is 12.8. The van der Waals surface area contributed by atoms with Crippen molar-refractivity contribution in [2.45, 2.75) is 18.8 Å². The number of anilines is 2. The van der Waals surface area contributed by atoms with Crippen LogP contribution in [0, 0.1) is 17.0 Å². The monoisotopic (exact) mass is 533 g/mol. The second kappa shape index (κ2) is 9.52. The predicted molar refractivity (Wildman–Crippen MR) is 155 cm³/mol. The van der Waals surface area contributed by atoms with Crippen molar-refractivity contribution in [2.75, 3.05) is 10.0 Å². The number of hydrogen-bond acceptors (Lipinski definition) is 8. The summed E-state index contributed by atoms with van der Waals surface area (Å²) in [6.45, 7) is 3.48. The molecule has 2 aliphatic rings. The summed E-state index contributed by atoms with van der Waals surface area (Å²) in [6.07, 6.45) is 0. The SMILES string of the molecule is CC(=O)C1=NN(c2ccccc2[N+](=O)[O-])[C@]2(S1)c1ccccc1C(c1ccc(C)cc1)=NN2c1ccccc1. The van der Waals surface area contributed by atoms with Crippen molar-refractivity contribution in [3.63, 3.8) is 0 Å². The number of para-hydroxylation sites is 3. The third kappa shape index (κ3) is 3.98. The summed E-state index contributed by atoms with van der Waals surface area (Å²) < 4.78 is 0. The molecule has 0 radical (unpaired) electrons. The molecular formula is C30H23N5O3S. The molecule has 39 heavy (non-hydrogen) atoms. The van der Waals surface area contributed by atoms with Gasteiger partial charge in [0.1, 0.15) is 5.69 Å². The average Bonchev–Trinajstić information content (AvgIpc) is 3.36. The fourth-order valence-electron chi connectivity index (χ4n) is 4.85. The highest BCUT2D eigenvalue weighted by molar-refractivity contribution is 8.17. The number of hydrogen-bond donors (Lipinski definition) is 0. The van der Waals surface area contributed by atoms with Crippen LogP contribution in [-0.2, 0) is 9.79 Å². The van der Waals surface area contributed by atoms with Crippen LogP contribution >= 0.6 is 11.8 Å². The Morgan fingerprint density at radius 2 is 1.51 bits per heavy atom. The summed E-state index contributed by atoms with van der Waals surface area (Å²) in [7, 11) is 0. The predicted octanol–water partition coefficient (Wildman–Crippen LogP) is 6.44. The smallest absolute Gasteiger partial charge is 0.292 e. The summed E-state index contributed by atoms with van der Waals surface area (Å²) in [6, 6.07) is 32.0. The van der Waals surface area contributed by atoms with Gasteiger partial charge in [-0.25, -0.2) is 10.0 Å². The lowest BCUT2D eigenvalue weighted by atomic mass is 9.93. The molecule has 1 spiro atoms. The summed E-state index contributed by atoms with van der Waals surface area (Å²) in [5, 5.41) is 25.7. The normalized spacial score (nSPS) is 18.0. The van der Waals surface area contributed by atoms with E-state index >= 15 is 0 Å². The highest BCUT2D eigenvalue weighted by Gasteiger charge is 2.56. The molecule has 0 bridgehead atoms. The first-order valence-corrected chi connectivity index (χ1v) is 13.1. The van der Waals surface area contributed by atoms with Crippen molar-refractivity contribution in [3.8, 4) is 0 Å². The molecule has 192 valence electrons. The summed E-state index contributed by atoms with van der Waals surface area (Å²) in [5.74, 6) is -0.237. The van der Waals surface area contributed by atoms with Gasteiger partial charge in [0.05, 0.1) is 16.3 Å². The van der Waals surface area contributed by atoms with E-state index in [0.29, 0.717) is 0 Å². The second-order valence-electron chi connectivity index (χ2n) is 9.24. The van der Waals surface area contributed by atoms with Crippen molar-refractivity contribution in [1.29, 1.82) is 0 Å². The molecule has 0 unspecified atom stereocenters. The maximum atomic E-state index is 12.8. The number of hydrazone groups is 2. The standard InChI is InChI=1S/C30H23N5O3S/c1-20-16-18-22(19-17-20)28-24-12-6-7-13-25(24)30(33(31-28)23-10-4-3-5-11-23)34(32-29(39-30)21(2)36)26-14-8-9-15-27(26)35(37)38/h3-19H,1-2H3/t30-/m0/s1. The van der Waals surface area contributed by atoms with Gasteiger partial charge in [0, 0.05) is 29.7 Å². The van der Waals surface area contributed by atoms with Crippen LogP contribution in [0.15, 0.2) is 113 Å². The zero-order valence-electron chi connectivity index (χ0n) is 21.2. The van der Waals surface area contributed by atoms with Crippen LogP contribution in [0.4, 0.5) is 17.1 Å². The number of Topliss-reactive ketones (excluding diaryl/α,β-unsaturated/α-hetero) is 1. The molecule has 2 aliphatic heterocycles. The quantitative estimate of drug-likeness (QED) is 0.217. The van der Waals surface area contributed by atoms with Crippen LogP contribution in [0.2, 0.25) is 0 Å². The van der Waals surface area contributed by atoms with Crippen molar-refractivity contribution >= 4 is 45.4 Å². The Balaban J connectivity index is 1.69. The fraction of sp³-hybridized carbons (Fsp3) is 0.100. The molecule has 9 heteroatoms. The first-order chi connectivity index (χ1) is 18.9. The summed E-state index contributed by atoms with van der Waals surface area (Å²) >= 11 is 1.23. The Hall–Kier alpha value is -4.76. The first kappa shape index (κ1) is 24.6. The molecule has 6 rings (SSSR count). The lowest BCUT2D eigenvalue weighted by molar-refractivity contribution is -0.384. The van der Waals surface area contributed by atoms with Crippen LogP contribution in [0.5, 0.6) is 0 Å². The zero-order chi connectivity index (χ0) is 27.1. The van der Waals surface area contributed by atoms with Crippen molar-refractivity contribution in [2.24, 2.45) is 10.2 Å². The van der Waals surface area contributed by atoms with Crippen LogP contribution in [0.1, 0.15) is 29.2 Å². The molecule has 1 atom stereocenters. The molecule has 4 aromatic carbocycles. The Morgan fingerprint density at radius 1 is 0.846 bits per heavy atom. The third-order valence-corrected chi connectivity index (χ3v) is 8.08. The average molecular weight is 534 g/mol. The van der Waals surface area contributed by atoms with Crippen molar-refractivity contribution < 1.29 is 9.72 Å². The van der Waals surface area contributed by atoms with Gasteiger partial charge >= 0.3 is 0 Å². The summed E-state index contributed by atoms with van der Waals surface area (Å²) in [5.41, 5.74) is 5.35. The lowest BCUT2D eigenvalue weighted by Crippen LogP contribution is -2.54. The number of carbonyl (C=O) groups excluding carboxylic acids is 1. The van der Waals surface area contributed by atoms with Gasteiger partial charge in [-0.3, -0.25) is 14.9 Å². The van der Waals surface area contributed by atoms with Gasteiger partial charge in [-0.1, -0.05) is 84.4 Å². The second-order valence-corrected chi connectivity index (χ2v) is 10.4. The van der Waals surface area contributed by atoms with E-state index < -0.39 is 9.92 Å². The number of nitrogens with zero attached hydrogens (tertiary/aromatic N) is 5. The first-order valence-electron chi connectivity index (χ1n) is 12.3. The molecule has 0 fully saturated rings. The summed E-state index contributed by atoms with van der Waals surface area (Å²) in [4.78, 5) is 23.2. The van der Waals surface area contributed by atoms with Gasteiger partial charge in [-0.2, -0.15) is 10.2 Å². The lowest BCUT2D eigenvalue weighted by Gasteiger charge is -2.46. The van der Waals surface area contributed by atoms with E-state index in [4.69, 9.17) is 10.2 Å². The molecule has 0 aromatic heterocycles. The van der Waals surface area contributed by atoms with Crippen LogP contribution in [0.3, 0.4) is 0 Å². The molecule has 0 N–H and O–H groups in total. The number of ketones is 1. The van der Waals surface area contributed by atoms with Gasteiger partial charge < -0.3 is 0 Å². The van der Waals surface area contributed by atoms with E-state index in [1.807, 2.05) is 90.8 Å². The zero-order valence-corrected chi connectivity index (χ0v) is 22.0. The van der Waals surface area contributed by atoms with Crippen LogP contribution in [-0.4, -0.2) is 21.5 Å². The van der Waals surface area contributed by atoms with Gasteiger partial charge in [0.25, 0.3) is 5.69 Å². The molecule has 0 saturated carbocycles. The molecule has 4 aromatic rings. The van der Waals surface area contributed by atoms with E-state index in [1.165, 1.54) is 24.8 Å². The minimum absolute atomic E-state index is 0.121. The number of nitro benzene ring substituents is 1. The number of benzene rings is 4. The van der Waals surface area contributed by atoms with E-state index in [1.54, 1.807) is 23.2 Å². The number of thioether (sulfide) groups is 1. The highest BCUT2D eigenvalue weighted by atomic mass is 32.2.